The number of aromatic nitrogens is 3. The molecule has 0 amide bonds. The molecule has 0 aliphatic heterocycles. The van der Waals surface area contributed by atoms with E-state index in [1.807, 2.05) is 0 Å². The molecule has 4 aromatic rings. The summed E-state index contributed by atoms with van der Waals surface area (Å²) < 4.78 is 6.22. The number of benzene rings is 2. The number of aromatic amines is 1. The SMILES string of the molecule is O=c1[nH]c2ccccc2c(=O)n1N=Cc1cc(Cl)c(Oc2ccc([N+](=O)[O-])cn2)c(Cl)c1. The normalized spacial score (nSPS) is 11.2. The van der Waals surface area contributed by atoms with Gasteiger partial charge >= 0.3 is 5.69 Å². The smallest absolute Gasteiger partial charge is 0.349 e. The van der Waals surface area contributed by atoms with E-state index >= 15 is 0 Å². The second-order valence-corrected chi connectivity index (χ2v) is 7.18. The minimum atomic E-state index is -0.702. The first kappa shape index (κ1) is 21.2. The molecule has 10 nitrogen and oxygen atoms in total. The summed E-state index contributed by atoms with van der Waals surface area (Å²) in [7, 11) is 0. The molecule has 1 N–H and O–H groups in total. The van der Waals surface area contributed by atoms with Crippen molar-refractivity contribution in [1.82, 2.24) is 14.6 Å². The lowest BCUT2D eigenvalue weighted by Gasteiger charge is -2.09. The van der Waals surface area contributed by atoms with Crippen LogP contribution in [-0.4, -0.2) is 25.8 Å². The number of nitrogens with zero attached hydrogens (tertiary/aromatic N) is 4. The minimum absolute atomic E-state index is 0.0510. The summed E-state index contributed by atoms with van der Waals surface area (Å²) in [5.41, 5.74) is -0.682. The van der Waals surface area contributed by atoms with E-state index in [1.165, 1.54) is 30.5 Å². The van der Waals surface area contributed by atoms with Crippen LogP contribution in [0.5, 0.6) is 11.6 Å². The van der Waals surface area contributed by atoms with Gasteiger partial charge in [-0.05, 0) is 29.8 Å². The fourth-order valence-electron chi connectivity index (χ4n) is 2.78. The van der Waals surface area contributed by atoms with E-state index in [2.05, 4.69) is 15.1 Å². The maximum atomic E-state index is 12.5. The van der Waals surface area contributed by atoms with Gasteiger partial charge in [0.05, 0.1) is 32.1 Å². The second-order valence-electron chi connectivity index (χ2n) is 6.36. The zero-order valence-electron chi connectivity index (χ0n) is 15.9. The Balaban J connectivity index is 1.63. The lowest BCUT2D eigenvalue weighted by molar-refractivity contribution is -0.385. The van der Waals surface area contributed by atoms with Crippen LogP contribution >= 0.6 is 23.2 Å². The number of halogens is 2. The lowest BCUT2D eigenvalue weighted by atomic mass is 10.2. The Labute approximate surface area is 188 Å². The van der Waals surface area contributed by atoms with E-state index in [0.29, 0.717) is 21.1 Å². The second kappa shape index (κ2) is 8.61. The van der Waals surface area contributed by atoms with Crippen LogP contribution in [0.3, 0.4) is 0 Å². The highest BCUT2D eigenvalue weighted by atomic mass is 35.5. The lowest BCUT2D eigenvalue weighted by Crippen LogP contribution is -2.32. The average molecular weight is 472 g/mol. The molecule has 160 valence electrons. The summed E-state index contributed by atoms with van der Waals surface area (Å²) in [6.07, 6.45) is 2.29. The molecule has 2 aromatic heterocycles. The third-order valence-electron chi connectivity index (χ3n) is 4.26. The first-order valence-electron chi connectivity index (χ1n) is 8.89. The molecular formula is C20H11Cl2N5O5. The van der Waals surface area contributed by atoms with E-state index in [4.69, 9.17) is 27.9 Å². The summed E-state index contributed by atoms with van der Waals surface area (Å²) in [5.74, 6) is 0.127. The molecule has 0 radical (unpaired) electrons. The Hall–Kier alpha value is -4.02. The number of nitrogens with one attached hydrogen (secondary N) is 1. The quantitative estimate of drug-likeness (QED) is 0.266. The number of nitro groups is 1. The van der Waals surface area contributed by atoms with E-state index < -0.39 is 16.2 Å². The number of pyridine rings is 1. The van der Waals surface area contributed by atoms with Crippen molar-refractivity contribution in [1.29, 1.82) is 0 Å². The third kappa shape index (κ3) is 4.22. The molecular weight excluding hydrogens is 461 g/mol. The van der Waals surface area contributed by atoms with Gasteiger partial charge in [0.25, 0.3) is 11.2 Å². The van der Waals surface area contributed by atoms with E-state index in [9.17, 15) is 19.7 Å². The Bertz CT molecular complexity index is 1470. The maximum Gasteiger partial charge on any atom is 0.349 e. The molecule has 2 aromatic carbocycles. The Morgan fingerprint density at radius 3 is 2.50 bits per heavy atom. The Morgan fingerprint density at radius 1 is 1.12 bits per heavy atom. The molecule has 0 spiro atoms. The fourth-order valence-corrected chi connectivity index (χ4v) is 3.36. The van der Waals surface area contributed by atoms with Crippen LogP contribution in [0.2, 0.25) is 10.0 Å². The molecule has 0 saturated carbocycles. The van der Waals surface area contributed by atoms with Crippen molar-refractivity contribution in [2.24, 2.45) is 5.10 Å². The van der Waals surface area contributed by atoms with Gasteiger partial charge in [0.2, 0.25) is 5.88 Å². The highest BCUT2D eigenvalue weighted by molar-refractivity contribution is 6.37. The topological polar surface area (TPSA) is 132 Å². The van der Waals surface area contributed by atoms with Crippen LogP contribution in [0.4, 0.5) is 5.69 Å². The summed E-state index contributed by atoms with van der Waals surface area (Å²) >= 11 is 12.5. The molecule has 0 fully saturated rings. The van der Waals surface area contributed by atoms with Crippen LogP contribution in [0.1, 0.15) is 5.56 Å². The standard InChI is InChI=1S/C20H11Cl2N5O5/c21-14-7-11(8-15(22)18(14)32-17-6-5-12(10-23-17)27(30)31)9-24-26-19(28)13-3-1-2-4-16(13)25-20(26)29/h1-10H,(H,25,29). The van der Waals surface area contributed by atoms with Crippen molar-refractivity contribution >= 4 is 46.0 Å². The molecule has 0 saturated heterocycles. The molecule has 0 unspecified atom stereocenters. The van der Waals surface area contributed by atoms with Crippen LogP contribution in [-0.2, 0) is 0 Å². The summed E-state index contributed by atoms with van der Waals surface area (Å²) in [5, 5.41) is 15.2. The Morgan fingerprint density at radius 2 is 1.84 bits per heavy atom. The van der Waals surface area contributed by atoms with Crippen molar-refractivity contribution in [3.8, 4) is 11.6 Å². The van der Waals surface area contributed by atoms with Gasteiger partial charge in [0, 0.05) is 12.1 Å². The maximum absolute atomic E-state index is 12.5. The third-order valence-corrected chi connectivity index (χ3v) is 4.83. The molecule has 2 heterocycles. The Kier molecular flexibility index (Phi) is 5.71. The van der Waals surface area contributed by atoms with Gasteiger partial charge in [-0.25, -0.2) is 9.78 Å². The van der Waals surface area contributed by atoms with E-state index in [-0.39, 0.29) is 27.4 Å². The highest BCUT2D eigenvalue weighted by Gasteiger charge is 2.13. The predicted molar refractivity (Wildman–Crippen MR) is 119 cm³/mol. The molecule has 32 heavy (non-hydrogen) atoms. The van der Waals surface area contributed by atoms with Gasteiger partial charge < -0.3 is 9.72 Å². The number of fused-ring (bicyclic) bond motifs is 1. The predicted octanol–water partition coefficient (Wildman–Crippen LogP) is 3.97. The van der Waals surface area contributed by atoms with Crippen molar-refractivity contribution in [3.63, 3.8) is 0 Å². The number of hydrogen-bond donors (Lipinski definition) is 1. The fraction of sp³-hybridized carbons (Fsp3) is 0. The molecule has 4 rings (SSSR count). The van der Waals surface area contributed by atoms with Gasteiger partial charge in [-0.15, -0.1) is 4.68 Å². The van der Waals surface area contributed by atoms with Crippen LogP contribution in [0.15, 0.2) is 69.4 Å². The van der Waals surface area contributed by atoms with Gasteiger partial charge in [0.15, 0.2) is 5.75 Å². The van der Waals surface area contributed by atoms with Gasteiger partial charge in [-0.1, -0.05) is 35.3 Å². The summed E-state index contributed by atoms with van der Waals surface area (Å²) in [4.78, 5) is 41.3. The molecule has 0 bridgehead atoms. The van der Waals surface area contributed by atoms with Crippen molar-refractivity contribution in [3.05, 3.63) is 101 Å². The first-order chi connectivity index (χ1) is 15.3. The first-order valence-corrected chi connectivity index (χ1v) is 9.65. The number of H-pyrrole nitrogens is 1. The summed E-state index contributed by atoms with van der Waals surface area (Å²) in [6, 6.07) is 12.0. The van der Waals surface area contributed by atoms with Crippen molar-refractivity contribution in [2.75, 3.05) is 0 Å². The van der Waals surface area contributed by atoms with Gasteiger partial charge in [-0.3, -0.25) is 14.9 Å². The van der Waals surface area contributed by atoms with Crippen molar-refractivity contribution in [2.45, 2.75) is 0 Å². The summed E-state index contributed by atoms with van der Waals surface area (Å²) in [6.45, 7) is 0. The number of rotatable bonds is 5. The minimum Gasteiger partial charge on any atom is -0.436 e. The number of ether oxygens (including phenoxy) is 1. The number of para-hydroxylation sites is 1. The van der Waals surface area contributed by atoms with Gasteiger partial charge in [0.1, 0.15) is 6.20 Å². The van der Waals surface area contributed by atoms with Crippen molar-refractivity contribution < 1.29 is 9.66 Å². The van der Waals surface area contributed by atoms with Crippen LogP contribution < -0.4 is 16.0 Å². The zero-order chi connectivity index (χ0) is 22.8. The molecule has 12 heteroatoms. The van der Waals surface area contributed by atoms with E-state index in [1.54, 1.807) is 24.3 Å². The number of hydrogen-bond acceptors (Lipinski definition) is 7. The molecule has 0 atom stereocenters. The van der Waals surface area contributed by atoms with Crippen LogP contribution in [0, 0.1) is 10.1 Å². The van der Waals surface area contributed by atoms with E-state index in [0.717, 1.165) is 6.20 Å². The molecule has 0 aliphatic carbocycles. The zero-order valence-corrected chi connectivity index (χ0v) is 17.4. The van der Waals surface area contributed by atoms with Crippen LogP contribution in [0.25, 0.3) is 10.9 Å². The highest BCUT2D eigenvalue weighted by Crippen LogP contribution is 2.36. The average Bonchev–Trinajstić information content (AvgIpc) is 2.76. The molecule has 0 aliphatic rings. The van der Waals surface area contributed by atoms with Gasteiger partial charge in [-0.2, -0.15) is 5.10 Å². The monoisotopic (exact) mass is 471 g/mol. The largest absolute Gasteiger partial charge is 0.436 e.